The molecule has 2 aliphatic rings. The summed E-state index contributed by atoms with van der Waals surface area (Å²) in [5.41, 5.74) is 0. The lowest BCUT2D eigenvalue weighted by atomic mass is 10.0. The number of allylic oxidation sites excluding steroid dienone is 1. The van der Waals surface area contributed by atoms with Crippen LogP contribution >= 0.6 is 0 Å². The van der Waals surface area contributed by atoms with E-state index in [-0.39, 0.29) is 5.79 Å². The lowest BCUT2D eigenvalue weighted by Gasteiger charge is -2.32. The summed E-state index contributed by atoms with van der Waals surface area (Å²) in [6, 6.07) is 0. The van der Waals surface area contributed by atoms with E-state index in [1.165, 1.54) is 6.42 Å². The second kappa shape index (κ2) is 2.32. The molecule has 0 aromatic rings. The van der Waals surface area contributed by atoms with E-state index < -0.39 is 0 Å². The fraction of sp³-hybridized carbons (Fsp3) is 0.778. The molecule has 0 saturated heterocycles. The molecule has 2 nitrogen and oxygen atoms in total. The number of methoxy groups -OCH3 is 2. The van der Waals surface area contributed by atoms with Gasteiger partial charge in [0, 0.05) is 26.6 Å². The fourth-order valence-electron chi connectivity index (χ4n) is 2.32. The van der Waals surface area contributed by atoms with Crippen molar-refractivity contribution in [3.63, 3.8) is 0 Å². The third-order valence-corrected chi connectivity index (χ3v) is 2.97. The Hall–Kier alpha value is -0.340. The van der Waals surface area contributed by atoms with Crippen LogP contribution in [0.15, 0.2) is 12.2 Å². The molecule has 2 bridgehead atoms. The summed E-state index contributed by atoms with van der Waals surface area (Å²) < 4.78 is 10.8. The summed E-state index contributed by atoms with van der Waals surface area (Å²) in [5, 5.41) is 0. The first kappa shape index (κ1) is 7.32. The van der Waals surface area contributed by atoms with Crippen LogP contribution in [0.4, 0.5) is 0 Å². The minimum Gasteiger partial charge on any atom is -0.353 e. The third-order valence-electron chi connectivity index (χ3n) is 2.97. The monoisotopic (exact) mass is 154 g/mol. The van der Waals surface area contributed by atoms with Crippen molar-refractivity contribution in [1.82, 2.24) is 0 Å². The zero-order chi connectivity index (χ0) is 7.90. The molecule has 0 aromatic carbocycles. The number of rotatable bonds is 2. The van der Waals surface area contributed by atoms with Crippen LogP contribution in [-0.2, 0) is 9.47 Å². The first-order chi connectivity index (χ1) is 5.30. The molecular formula is C9H14O2. The Morgan fingerprint density at radius 3 is 2.27 bits per heavy atom. The van der Waals surface area contributed by atoms with Gasteiger partial charge in [0.15, 0.2) is 5.79 Å². The highest BCUT2D eigenvalue weighted by Gasteiger charge is 2.49. The quantitative estimate of drug-likeness (QED) is 0.444. The molecule has 2 heteroatoms. The van der Waals surface area contributed by atoms with Gasteiger partial charge in [0.1, 0.15) is 0 Å². The molecule has 2 atom stereocenters. The van der Waals surface area contributed by atoms with Crippen molar-refractivity contribution in [2.75, 3.05) is 14.2 Å². The number of fused-ring (bicyclic) bond motifs is 2. The molecule has 2 aliphatic carbocycles. The van der Waals surface area contributed by atoms with Crippen LogP contribution in [0.2, 0.25) is 0 Å². The summed E-state index contributed by atoms with van der Waals surface area (Å²) in [5.74, 6) is 0.891. The van der Waals surface area contributed by atoms with Gasteiger partial charge in [-0.25, -0.2) is 0 Å². The van der Waals surface area contributed by atoms with Crippen LogP contribution in [0.1, 0.15) is 12.8 Å². The van der Waals surface area contributed by atoms with Crippen molar-refractivity contribution >= 4 is 0 Å². The number of ether oxygens (including phenoxy) is 2. The van der Waals surface area contributed by atoms with Crippen LogP contribution < -0.4 is 0 Å². The molecule has 0 radical (unpaired) electrons. The van der Waals surface area contributed by atoms with Crippen LogP contribution in [-0.4, -0.2) is 20.0 Å². The van der Waals surface area contributed by atoms with Gasteiger partial charge < -0.3 is 9.47 Å². The van der Waals surface area contributed by atoms with E-state index in [9.17, 15) is 0 Å². The Kier molecular flexibility index (Phi) is 1.55. The molecule has 0 aliphatic heterocycles. The standard InChI is InChI=1S/C9H14O2/c1-10-9(11-2)6-7-3-4-8(9)5-7/h3-4,7-8H,5-6H2,1-2H3/t7-,8+/m0/s1. The maximum atomic E-state index is 5.41. The van der Waals surface area contributed by atoms with Gasteiger partial charge in [0.05, 0.1) is 0 Å². The highest BCUT2D eigenvalue weighted by atomic mass is 16.7. The van der Waals surface area contributed by atoms with Gasteiger partial charge in [-0.3, -0.25) is 0 Å². The maximum absolute atomic E-state index is 5.41. The molecule has 0 amide bonds. The van der Waals surface area contributed by atoms with E-state index in [0.717, 1.165) is 6.42 Å². The zero-order valence-electron chi connectivity index (χ0n) is 7.04. The average molecular weight is 154 g/mol. The van der Waals surface area contributed by atoms with Gasteiger partial charge in [-0.1, -0.05) is 12.2 Å². The molecule has 0 spiro atoms. The van der Waals surface area contributed by atoms with Gasteiger partial charge in [-0.05, 0) is 12.3 Å². The Balaban J connectivity index is 2.21. The molecule has 2 rings (SSSR count). The summed E-state index contributed by atoms with van der Waals surface area (Å²) in [7, 11) is 3.47. The smallest absolute Gasteiger partial charge is 0.174 e. The van der Waals surface area contributed by atoms with E-state index in [1.54, 1.807) is 14.2 Å². The Labute approximate surface area is 67.2 Å². The largest absolute Gasteiger partial charge is 0.353 e. The highest BCUT2D eigenvalue weighted by Crippen LogP contribution is 2.48. The summed E-state index contributed by atoms with van der Waals surface area (Å²) in [4.78, 5) is 0. The third kappa shape index (κ3) is 0.861. The van der Waals surface area contributed by atoms with Crippen LogP contribution in [0.5, 0.6) is 0 Å². The van der Waals surface area contributed by atoms with Gasteiger partial charge in [0.2, 0.25) is 0 Å². The van der Waals surface area contributed by atoms with E-state index >= 15 is 0 Å². The lowest BCUT2D eigenvalue weighted by molar-refractivity contribution is -0.221. The Morgan fingerprint density at radius 1 is 1.27 bits per heavy atom. The predicted molar refractivity (Wildman–Crippen MR) is 42.1 cm³/mol. The van der Waals surface area contributed by atoms with Crippen molar-refractivity contribution < 1.29 is 9.47 Å². The summed E-state index contributed by atoms with van der Waals surface area (Å²) in [6.45, 7) is 0. The SMILES string of the molecule is COC1(OC)C[C@H]2C=C[C@@H]1C2. The van der Waals surface area contributed by atoms with Crippen molar-refractivity contribution in [2.45, 2.75) is 18.6 Å². The van der Waals surface area contributed by atoms with E-state index in [2.05, 4.69) is 12.2 Å². The molecular weight excluding hydrogens is 140 g/mol. The Bertz CT molecular complexity index is 182. The van der Waals surface area contributed by atoms with Crippen molar-refractivity contribution in [2.24, 2.45) is 11.8 Å². The zero-order valence-corrected chi connectivity index (χ0v) is 7.04. The predicted octanol–water partition coefficient (Wildman–Crippen LogP) is 1.57. The summed E-state index contributed by atoms with van der Waals surface area (Å²) in [6.07, 6.45) is 6.74. The fourth-order valence-corrected chi connectivity index (χ4v) is 2.32. The van der Waals surface area contributed by atoms with Crippen LogP contribution in [0.3, 0.4) is 0 Å². The van der Waals surface area contributed by atoms with Crippen molar-refractivity contribution in [3.8, 4) is 0 Å². The van der Waals surface area contributed by atoms with Crippen LogP contribution in [0, 0.1) is 11.8 Å². The second-order valence-corrected chi connectivity index (χ2v) is 3.41. The van der Waals surface area contributed by atoms with Crippen LogP contribution in [0.25, 0.3) is 0 Å². The molecule has 0 unspecified atom stereocenters. The van der Waals surface area contributed by atoms with Gasteiger partial charge >= 0.3 is 0 Å². The molecule has 1 fully saturated rings. The van der Waals surface area contributed by atoms with Gasteiger partial charge in [-0.15, -0.1) is 0 Å². The molecule has 1 saturated carbocycles. The average Bonchev–Trinajstić information content (AvgIpc) is 2.62. The van der Waals surface area contributed by atoms with Gasteiger partial charge in [-0.2, -0.15) is 0 Å². The van der Waals surface area contributed by atoms with E-state index in [1.807, 2.05) is 0 Å². The minimum absolute atomic E-state index is 0.292. The van der Waals surface area contributed by atoms with E-state index in [0.29, 0.717) is 11.8 Å². The van der Waals surface area contributed by atoms with Gasteiger partial charge in [0.25, 0.3) is 0 Å². The lowest BCUT2D eigenvalue weighted by Crippen LogP contribution is -2.37. The summed E-state index contributed by atoms with van der Waals surface area (Å²) >= 11 is 0. The molecule has 0 heterocycles. The van der Waals surface area contributed by atoms with Crippen molar-refractivity contribution in [1.29, 1.82) is 0 Å². The van der Waals surface area contributed by atoms with E-state index in [4.69, 9.17) is 9.47 Å². The Morgan fingerprint density at radius 2 is 2.00 bits per heavy atom. The molecule has 0 aromatic heterocycles. The number of hydrogen-bond acceptors (Lipinski definition) is 2. The maximum Gasteiger partial charge on any atom is 0.174 e. The highest BCUT2D eigenvalue weighted by molar-refractivity contribution is 5.14. The minimum atomic E-state index is -0.292. The first-order valence-electron chi connectivity index (χ1n) is 4.09. The number of hydrogen-bond donors (Lipinski definition) is 0. The normalized spacial score (nSPS) is 38.4. The molecule has 62 valence electrons. The molecule has 0 N–H and O–H groups in total. The topological polar surface area (TPSA) is 18.5 Å². The first-order valence-corrected chi connectivity index (χ1v) is 4.09. The van der Waals surface area contributed by atoms with Crippen molar-refractivity contribution in [3.05, 3.63) is 12.2 Å². The second-order valence-electron chi connectivity index (χ2n) is 3.41. The molecule has 11 heavy (non-hydrogen) atoms.